The number of carbonyl (C=O) groups excluding carboxylic acids is 1. The number of anilines is 1. The van der Waals surface area contributed by atoms with Crippen molar-refractivity contribution in [3.8, 4) is 11.3 Å². The van der Waals surface area contributed by atoms with E-state index in [1.165, 1.54) is 13.1 Å². The summed E-state index contributed by atoms with van der Waals surface area (Å²) in [6.07, 6.45) is 4.49. The summed E-state index contributed by atoms with van der Waals surface area (Å²) in [6.45, 7) is 2.27. The number of nitrogens with one attached hydrogen (secondary N) is 2. The van der Waals surface area contributed by atoms with Crippen LogP contribution in [0.5, 0.6) is 0 Å². The average Bonchev–Trinajstić information content (AvgIpc) is 2.62. The van der Waals surface area contributed by atoms with Gasteiger partial charge >= 0.3 is 0 Å². The fourth-order valence-corrected chi connectivity index (χ4v) is 2.79. The summed E-state index contributed by atoms with van der Waals surface area (Å²) in [6, 6.07) is 11.2. The number of hydrogen-bond donors (Lipinski definition) is 2. The average molecular weight is 323 g/mol. The quantitative estimate of drug-likeness (QED) is 0.646. The van der Waals surface area contributed by atoms with Crippen LogP contribution < -0.4 is 5.32 Å². The number of ketones is 1. The van der Waals surface area contributed by atoms with Gasteiger partial charge in [-0.3, -0.25) is 4.79 Å². The predicted octanol–water partition coefficient (Wildman–Crippen LogP) is 3.89. The first-order valence-corrected chi connectivity index (χ1v) is 8.18. The van der Waals surface area contributed by atoms with Gasteiger partial charge in [0.25, 0.3) is 0 Å². The second-order valence-corrected chi connectivity index (χ2v) is 5.91. The standard InChI is InChI=1S/C19H21N3O2/c1-13(23)16-5-4-6-17(21-16)14-8-9-15(12-20)18(11-14)22-19-7-2-3-10-24-19/h4-6,8-9,11-12,19-20,22H,2-3,7,10H2,1H3. The molecule has 1 saturated heterocycles. The molecule has 2 heterocycles. The fourth-order valence-electron chi connectivity index (χ4n) is 2.79. The zero-order chi connectivity index (χ0) is 16.9. The van der Waals surface area contributed by atoms with Crippen LogP contribution in [0, 0.1) is 5.41 Å². The molecular formula is C19H21N3O2. The van der Waals surface area contributed by atoms with Gasteiger partial charge in [0.05, 0.1) is 5.69 Å². The van der Waals surface area contributed by atoms with Crippen molar-refractivity contribution in [1.82, 2.24) is 4.98 Å². The molecule has 1 aromatic carbocycles. The molecule has 1 aliphatic rings. The molecule has 0 amide bonds. The summed E-state index contributed by atoms with van der Waals surface area (Å²) in [4.78, 5) is 16.0. The number of aromatic nitrogens is 1. The van der Waals surface area contributed by atoms with E-state index < -0.39 is 0 Å². The molecule has 1 atom stereocenters. The lowest BCUT2D eigenvalue weighted by Gasteiger charge is -2.25. The molecule has 1 fully saturated rings. The Kier molecular flexibility index (Phi) is 5.01. The monoisotopic (exact) mass is 323 g/mol. The van der Waals surface area contributed by atoms with Gasteiger partial charge in [-0.05, 0) is 37.5 Å². The molecule has 5 heteroatoms. The Bertz CT molecular complexity index is 752. The normalized spacial score (nSPS) is 17.3. The van der Waals surface area contributed by atoms with Gasteiger partial charge in [-0.15, -0.1) is 0 Å². The second-order valence-electron chi connectivity index (χ2n) is 5.91. The van der Waals surface area contributed by atoms with Gasteiger partial charge in [-0.25, -0.2) is 4.98 Å². The second kappa shape index (κ2) is 7.36. The van der Waals surface area contributed by atoms with E-state index in [0.29, 0.717) is 5.69 Å². The van der Waals surface area contributed by atoms with E-state index in [-0.39, 0.29) is 12.0 Å². The first kappa shape index (κ1) is 16.3. The summed E-state index contributed by atoms with van der Waals surface area (Å²) in [5, 5.41) is 11.0. The van der Waals surface area contributed by atoms with Gasteiger partial charge in [0.1, 0.15) is 11.9 Å². The Morgan fingerprint density at radius 3 is 2.92 bits per heavy atom. The van der Waals surface area contributed by atoms with Gasteiger partial charge in [0, 0.05) is 36.6 Å². The molecule has 1 aromatic heterocycles. The largest absolute Gasteiger partial charge is 0.360 e. The number of ether oxygens (including phenoxy) is 1. The van der Waals surface area contributed by atoms with Gasteiger partial charge in [0.2, 0.25) is 0 Å². The van der Waals surface area contributed by atoms with Gasteiger partial charge < -0.3 is 15.5 Å². The van der Waals surface area contributed by atoms with E-state index in [0.717, 1.165) is 48.4 Å². The van der Waals surface area contributed by atoms with Crippen LogP contribution in [0.4, 0.5) is 5.69 Å². The zero-order valence-corrected chi connectivity index (χ0v) is 13.7. The lowest BCUT2D eigenvalue weighted by molar-refractivity contribution is 0.0343. The topological polar surface area (TPSA) is 75.1 Å². The smallest absolute Gasteiger partial charge is 0.178 e. The number of hydrogen-bond acceptors (Lipinski definition) is 5. The molecule has 2 N–H and O–H groups in total. The van der Waals surface area contributed by atoms with Gasteiger partial charge in [0.15, 0.2) is 5.78 Å². The van der Waals surface area contributed by atoms with Crippen LogP contribution in [-0.4, -0.2) is 29.8 Å². The molecule has 0 spiro atoms. The molecule has 24 heavy (non-hydrogen) atoms. The third-order valence-electron chi connectivity index (χ3n) is 4.11. The van der Waals surface area contributed by atoms with Crippen LogP contribution in [0.3, 0.4) is 0 Å². The first-order chi connectivity index (χ1) is 11.7. The number of rotatable bonds is 5. The van der Waals surface area contributed by atoms with Crippen molar-refractivity contribution in [2.45, 2.75) is 32.4 Å². The third-order valence-corrected chi connectivity index (χ3v) is 4.11. The molecule has 1 unspecified atom stereocenters. The van der Waals surface area contributed by atoms with Crippen LogP contribution in [-0.2, 0) is 4.74 Å². The van der Waals surface area contributed by atoms with E-state index in [1.807, 2.05) is 30.3 Å². The Balaban J connectivity index is 1.92. The highest BCUT2D eigenvalue weighted by molar-refractivity contribution is 5.93. The molecule has 3 rings (SSSR count). The van der Waals surface area contributed by atoms with Crippen molar-refractivity contribution in [2.24, 2.45) is 0 Å². The van der Waals surface area contributed by atoms with E-state index >= 15 is 0 Å². The van der Waals surface area contributed by atoms with Crippen molar-refractivity contribution in [1.29, 1.82) is 5.41 Å². The predicted molar refractivity (Wildman–Crippen MR) is 94.8 cm³/mol. The van der Waals surface area contributed by atoms with E-state index in [1.54, 1.807) is 6.07 Å². The Labute approximate surface area is 141 Å². The molecule has 2 aromatic rings. The minimum atomic E-state index is -0.0538. The Hall–Kier alpha value is -2.53. The minimum absolute atomic E-state index is 0.0239. The van der Waals surface area contributed by atoms with Crippen molar-refractivity contribution in [3.05, 3.63) is 47.7 Å². The Morgan fingerprint density at radius 1 is 1.33 bits per heavy atom. The molecule has 0 saturated carbocycles. The van der Waals surface area contributed by atoms with E-state index in [2.05, 4.69) is 10.3 Å². The highest BCUT2D eigenvalue weighted by atomic mass is 16.5. The lowest BCUT2D eigenvalue weighted by atomic mass is 10.1. The molecule has 0 radical (unpaired) electrons. The molecule has 0 aliphatic carbocycles. The lowest BCUT2D eigenvalue weighted by Crippen LogP contribution is -2.27. The fraction of sp³-hybridized carbons (Fsp3) is 0.316. The summed E-state index contributed by atoms with van der Waals surface area (Å²) >= 11 is 0. The maximum absolute atomic E-state index is 11.5. The van der Waals surface area contributed by atoms with Crippen molar-refractivity contribution in [3.63, 3.8) is 0 Å². The number of carbonyl (C=O) groups is 1. The molecule has 5 nitrogen and oxygen atoms in total. The summed E-state index contributed by atoms with van der Waals surface area (Å²) in [5.41, 5.74) is 3.75. The zero-order valence-electron chi connectivity index (χ0n) is 13.7. The summed E-state index contributed by atoms with van der Waals surface area (Å²) in [7, 11) is 0. The Morgan fingerprint density at radius 2 is 2.21 bits per heavy atom. The van der Waals surface area contributed by atoms with Crippen molar-refractivity contribution < 1.29 is 9.53 Å². The van der Waals surface area contributed by atoms with E-state index in [9.17, 15) is 4.79 Å². The van der Waals surface area contributed by atoms with Crippen LogP contribution in [0.2, 0.25) is 0 Å². The molecule has 124 valence electrons. The summed E-state index contributed by atoms with van der Waals surface area (Å²) < 4.78 is 5.73. The maximum atomic E-state index is 11.5. The van der Waals surface area contributed by atoms with Crippen molar-refractivity contribution >= 4 is 17.7 Å². The molecule has 0 bridgehead atoms. The number of pyridine rings is 1. The molecule has 1 aliphatic heterocycles. The van der Waals surface area contributed by atoms with Crippen LogP contribution in [0.15, 0.2) is 36.4 Å². The summed E-state index contributed by atoms with van der Waals surface area (Å²) in [5.74, 6) is -0.0538. The van der Waals surface area contributed by atoms with Crippen LogP contribution in [0.1, 0.15) is 42.2 Å². The van der Waals surface area contributed by atoms with Crippen LogP contribution >= 0.6 is 0 Å². The van der Waals surface area contributed by atoms with Crippen molar-refractivity contribution in [2.75, 3.05) is 11.9 Å². The number of benzene rings is 1. The van der Waals surface area contributed by atoms with Gasteiger partial charge in [-0.1, -0.05) is 18.2 Å². The molecular weight excluding hydrogens is 302 g/mol. The number of Topliss-reactive ketones (excluding diaryl/α,β-unsaturated/α-hetero) is 1. The van der Waals surface area contributed by atoms with Gasteiger partial charge in [-0.2, -0.15) is 0 Å². The van der Waals surface area contributed by atoms with E-state index in [4.69, 9.17) is 10.1 Å². The maximum Gasteiger partial charge on any atom is 0.178 e. The number of nitrogens with zero attached hydrogens (tertiary/aromatic N) is 1. The highest BCUT2D eigenvalue weighted by Gasteiger charge is 2.15. The highest BCUT2D eigenvalue weighted by Crippen LogP contribution is 2.26. The van der Waals surface area contributed by atoms with Crippen LogP contribution in [0.25, 0.3) is 11.3 Å². The SMILES string of the molecule is CC(=O)c1cccc(-c2ccc(C=N)c(NC3CCCCO3)c2)n1. The third kappa shape index (κ3) is 3.68. The first-order valence-electron chi connectivity index (χ1n) is 8.18. The minimum Gasteiger partial charge on any atom is -0.360 e.